The van der Waals surface area contributed by atoms with Crippen molar-refractivity contribution in [2.24, 2.45) is 0 Å². The molecule has 0 heterocycles. The molecule has 0 amide bonds. The van der Waals surface area contributed by atoms with Crippen molar-refractivity contribution in [1.82, 2.24) is 0 Å². The molecular weight excluding hydrogens is 236 g/mol. The highest BCUT2D eigenvalue weighted by atomic mass is 16.3. The Balaban J connectivity index is 0.000000148. The third-order valence-corrected chi connectivity index (χ3v) is 2.66. The summed E-state index contributed by atoms with van der Waals surface area (Å²) in [6.45, 7) is 0. The number of aldehydes is 1. The van der Waals surface area contributed by atoms with E-state index >= 15 is 0 Å². The van der Waals surface area contributed by atoms with Crippen LogP contribution < -0.4 is 0 Å². The fourth-order valence-electron chi connectivity index (χ4n) is 1.70. The van der Waals surface area contributed by atoms with E-state index in [4.69, 9.17) is 0 Å². The number of rotatable bonds is 1. The zero-order valence-corrected chi connectivity index (χ0v) is 10.3. The van der Waals surface area contributed by atoms with Crippen molar-refractivity contribution in [2.75, 3.05) is 0 Å². The minimum atomic E-state index is 0.0729. The Kier molecular flexibility index (Phi) is 4.29. The molecule has 0 N–H and O–H groups in total. The standard InChI is InChI=1S/C10H7O.C7H6O/c11-10-6-5-8-3-1-2-4-9(8)7-10;8-6-7-4-2-1-3-5-7/h1-7H;1-6H. The molecule has 19 heavy (non-hydrogen) atoms. The van der Waals surface area contributed by atoms with Gasteiger partial charge < -0.3 is 0 Å². The molecule has 2 heteroatoms. The van der Waals surface area contributed by atoms with Gasteiger partial charge in [-0.25, -0.2) is 0 Å². The van der Waals surface area contributed by atoms with Gasteiger partial charge in [0.25, 0.3) is 0 Å². The Morgan fingerprint density at radius 2 is 1.32 bits per heavy atom. The lowest BCUT2D eigenvalue weighted by molar-refractivity contribution is 0.112. The molecule has 0 saturated carbocycles. The maximum atomic E-state index is 10.9. The van der Waals surface area contributed by atoms with E-state index in [0.29, 0.717) is 0 Å². The number of hydrogen-bond acceptors (Lipinski definition) is 1. The lowest BCUT2D eigenvalue weighted by atomic mass is 10.1. The van der Waals surface area contributed by atoms with Crippen LogP contribution in [0.5, 0.6) is 5.75 Å². The summed E-state index contributed by atoms with van der Waals surface area (Å²) in [7, 11) is 0. The first-order valence-electron chi connectivity index (χ1n) is 5.95. The second-order valence-corrected chi connectivity index (χ2v) is 4.04. The lowest BCUT2D eigenvalue weighted by Gasteiger charge is -1.94. The largest absolute Gasteiger partial charge is 0.298 e. The Labute approximate surface area is 111 Å². The van der Waals surface area contributed by atoms with Gasteiger partial charge in [-0.1, -0.05) is 60.7 Å². The van der Waals surface area contributed by atoms with E-state index in [1.54, 1.807) is 24.3 Å². The quantitative estimate of drug-likeness (QED) is 0.586. The number of hydrogen-bond donors (Lipinski definition) is 0. The molecule has 3 aromatic rings. The van der Waals surface area contributed by atoms with Gasteiger partial charge >= 0.3 is 0 Å². The van der Waals surface area contributed by atoms with Crippen LogP contribution in [0.4, 0.5) is 0 Å². The summed E-state index contributed by atoms with van der Waals surface area (Å²) >= 11 is 0. The van der Waals surface area contributed by atoms with Crippen LogP contribution >= 0.6 is 0 Å². The zero-order valence-electron chi connectivity index (χ0n) is 10.3. The summed E-state index contributed by atoms with van der Waals surface area (Å²) in [6, 6.07) is 22.0. The highest BCUT2D eigenvalue weighted by molar-refractivity contribution is 5.83. The van der Waals surface area contributed by atoms with Crippen molar-refractivity contribution in [1.29, 1.82) is 0 Å². The van der Waals surface area contributed by atoms with Gasteiger partial charge in [-0.05, 0) is 22.9 Å². The molecule has 0 unspecified atom stereocenters. The fourth-order valence-corrected chi connectivity index (χ4v) is 1.70. The fraction of sp³-hybridized carbons (Fsp3) is 0. The van der Waals surface area contributed by atoms with Gasteiger partial charge in [0.2, 0.25) is 0 Å². The molecule has 0 bridgehead atoms. The summed E-state index contributed by atoms with van der Waals surface area (Å²) in [4.78, 5) is 10.0. The minimum Gasteiger partial charge on any atom is -0.298 e. The van der Waals surface area contributed by atoms with Gasteiger partial charge in [0.15, 0.2) is 5.75 Å². The third-order valence-electron chi connectivity index (χ3n) is 2.66. The van der Waals surface area contributed by atoms with Crippen molar-refractivity contribution in [3.8, 4) is 5.75 Å². The predicted molar refractivity (Wildman–Crippen MR) is 75.9 cm³/mol. The highest BCUT2D eigenvalue weighted by Crippen LogP contribution is 2.19. The number of benzene rings is 3. The van der Waals surface area contributed by atoms with Crippen molar-refractivity contribution in [3.05, 3.63) is 78.4 Å². The first kappa shape index (κ1) is 12.8. The second-order valence-electron chi connectivity index (χ2n) is 4.04. The van der Waals surface area contributed by atoms with Gasteiger partial charge in [-0.3, -0.25) is 9.90 Å². The van der Waals surface area contributed by atoms with Crippen molar-refractivity contribution in [2.45, 2.75) is 0 Å². The van der Waals surface area contributed by atoms with Gasteiger partial charge in [0.1, 0.15) is 6.29 Å². The van der Waals surface area contributed by atoms with Crippen LogP contribution in [-0.2, 0) is 5.11 Å². The van der Waals surface area contributed by atoms with E-state index in [0.717, 1.165) is 22.6 Å². The first-order valence-corrected chi connectivity index (χ1v) is 5.95. The molecule has 0 aliphatic rings. The normalized spacial score (nSPS) is 9.47. The van der Waals surface area contributed by atoms with Crippen LogP contribution in [0.15, 0.2) is 72.8 Å². The summed E-state index contributed by atoms with van der Waals surface area (Å²) in [5.74, 6) is 0.0729. The molecule has 2 nitrogen and oxygen atoms in total. The van der Waals surface area contributed by atoms with Crippen LogP contribution in [0, 0.1) is 0 Å². The van der Waals surface area contributed by atoms with Gasteiger partial charge in [-0.15, -0.1) is 0 Å². The maximum Gasteiger partial charge on any atom is 0.179 e. The monoisotopic (exact) mass is 249 g/mol. The van der Waals surface area contributed by atoms with Crippen LogP contribution in [0.1, 0.15) is 10.4 Å². The average Bonchev–Trinajstić information content (AvgIpc) is 2.48. The minimum absolute atomic E-state index is 0.0729. The molecule has 0 spiro atoms. The van der Waals surface area contributed by atoms with Crippen LogP contribution in [0.2, 0.25) is 0 Å². The molecule has 0 atom stereocenters. The molecule has 0 aliphatic carbocycles. The van der Waals surface area contributed by atoms with Gasteiger partial charge in [0, 0.05) is 5.56 Å². The molecule has 0 fully saturated rings. The van der Waals surface area contributed by atoms with E-state index in [9.17, 15) is 9.90 Å². The van der Waals surface area contributed by atoms with Crippen molar-refractivity contribution in [3.63, 3.8) is 0 Å². The Bertz CT molecular complexity index is 660. The van der Waals surface area contributed by atoms with E-state index in [2.05, 4.69) is 0 Å². The number of carbonyl (C=O) groups excluding carboxylic acids is 1. The zero-order chi connectivity index (χ0) is 13.5. The molecule has 0 aliphatic heterocycles. The highest BCUT2D eigenvalue weighted by Gasteiger charge is 1.92. The Hall–Kier alpha value is -2.61. The lowest BCUT2D eigenvalue weighted by Crippen LogP contribution is -1.73. The Morgan fingerprint density at radius 3 is 1.95 bits per heavy atom. The van der Waals surface area contributed by atoms with Crippen LogP contribution in [0.25, 0.3) is 10.8 Å². The number of fused-ring (bicyclic) bond motifs is 1. The molecule has 0 saturated heterocycles. The predicted octanol–water partition coefficient (Wildman–Crippen LogP) is 4.48. The maximum absolute atomic E-state index is 10.9. The summed E-state index contributed by atoms with van der Waals surface area (Å²) < 4.78 is 0. The molecular formula is C17H13O2. The van der Waals surface area contributed by atoms with E-state index in [-0.39, 0.29) is 5.75 Å². The molecule has 3 aromatic carbocycles. The van der Waals surface area contributed by atoms with Gasteiger partial charge in [-0.2, -0.15) is 0 Å². The third kappa shape index (κ3) is 3.68. The van der Waals surface area contributed by atoms with Crippen LogP contribution in [-0.4, -0.2) is 6.29 Å². The summed E-state index contributed by atoms with van der Waals surface area (Å²) in [6.07, 6.45) is 0.833. The van der Waals surface area contributed by atoms with Crippen molar-refractivity contribution < 1.29 is 9.90 Å². The van der Waals surface area contributed by atoms with Crippen LogP contribution in [0.3, 0.4) is 0 Å². The number of carbonyl (C=O) groups is 1. The van der Waals surface area contributed by atoms with Gasteiger partial charge in [0.05, 0.1) is 0 Å². The summed E-state index contributed by atoms with van der Waals surface area (Å²) in [5, 5.41) is 13.0. The summed E-state index contributed by atoms with van der Waals surface area (Å²) in [5.41, 5.74) is 0.729. The average molecular weight is 249 g/mol. The second kappa shape index (κ2) is 6.36. The van der Waals surface area contributed by atoms with Crippen molar-refractivity contribution >= 4 is 17.1 Å². The molecule has 1 radical (unpaired) electrons. The Morgan fingerprint density at radius 1 is 0.684 bits per heavy atom. The molecule has 93 valence electrons. The van der Waals surface area contributed by atoms with E-state index < -0.39 is 0 Å². The van der Waals surface area contributed by atoms with E-state index in [1.807, 2.05) is 48.5 Å². The first-order chi connectivity index (χ1) is 9.29. The molecule has 0 aromatic heterocycles. The SMILES string of the molecule is O=Cc1ccccc1.[O]c1ccc2ccccc2c1. The topological polar surface area (TPSA) is 37.0 Å². The van der Waals surface area contributed by atoms with E-state index in [1.165, 1.54) is 0 Å². The molecule has 3 rings (SSSR count). The smallest absolute Gasteiger partial charge is 0.179 e.